The maximum absolute atomic E-state index is 13.6. The van der Waals surface area contributed by atoms with E-state index in [-0.39, 0.29) is 29.2 Å². The van der Waals surface area contributed by atoms with Crippen LogP contribution < -0.4 is 5.32 Å². The van der Waals surface area contributed by atoms with Crippen LogP contribution in [0.3, 0.4) is 0 Å². The largest absolute Gasteiger partial charge is 0.322 e. The number of rotatable bonds is 5. The normalized spacial score (nSPS) is 11.2. The summed E-state index contributed by atoms with van der Waals surface area (Å²) in [4.78, 5) is 16.3. The second kappa shape index (κ2) is 7.14. The fourth-order valence-corrected chi connectivity index (χ4v) is 2.90. The van der Waals surface area contributed by atoms with Gasteiger partial charge in [-0.2, -0.15) is 8.78 Å². The molecule has 0 atom stereocenters. The number of carbonyl (C=O) groups is 1. The maximum atomic E-state index is 13.6. The lowest BCUT2D eigenvalue weighted by Crippen LogP contribution is -2.20. The number of anilines is 1. The van der Waals surface area contributed by atoms with Crippen molar-refractivity contribution in [2.45, 2.75) is 17.5 Å². The van der Waals surface area contributed by atoms with Gasteiger partial charge < -0.3 is 9.88 Å². The molecule has 0 aliphatic heterocycles. The monoisotopic (exact) mass is 369 g/mol. The Morgan fingerprint density at radius 3 is 2.68 bits per heavy atom. The van der Waals surface area contributed by atoms with Crippen molar-refractivity contribution in [2.75, 3.05) is 5.32 Å². The third-order valence-electron chi connectivity index (χ3n) is 3.32. The van der Waals surface area contributed by atoms with Gasteiger partial charge >= 0.3 is 0 Å². The van der Waals surface area contributed by atoms with Gasteiger partial charge in [0.25, 0.3) is 5.76 Å². The van der Waals surface area contributed by atoms with Crippen molar-refractivity contribution in [2.24, 2.45) is 0 Å². The molecule has 0 spiro atoms. The first-order valence-corrected chi connectivity index (χ1v) is 7.97. The van der Waals surface area contributed by atoms with Gasteiger partial charge in [-0.15, -0.1) is 0 Å². The molecule has 0 unspecified atom stereocenters. The number of hydrogen-bond donors (Lipinski definition) is 1. The molecule has 25 heavy (non-hydrogen) atoms. The second-order valence-corrected chi connectivity index (χ2v) is 5.98. The molecule has 3 rings (SSSR count). The van der Waals surface area contributed by atoms with E-state index in [1.807, 2.05) is 0 Å². The number of para-hydroxylation sites is 2. The highest BCUT2D eigenvalue weighted by atomic mass is 32.2. The standard InChI is InChI=1S/C16H11F4N3OS/c17-9-5-6-11(10(18)7-9)21-14(24)8-23-13-4-2-1-3-12(13)22-16(23)25-15(19)20/h1-7,15H,8H2,(H,21,24). The van der Waals surface area contributed by atoms with Crippen molar-refractivity contribution in [1.29, 1.82) is 0 Å². The molecule has 130 valence electrons. The lowest BCUT2D eigenvalue weighted by atomic mass is 10.3. The quantitative estimate of drug-likeness (QED) is 0.540. The molecule has 0 saturated carbocycles. The highest BCUT2D eigenvalue weighted by Gasteiger charge is 2.18. The van der Waals surface area contributed by atoms with Crippen LogP contribution >= 0.6 is 11.8 Å². The molecular weight excluding hydrogens is 358 g/mol. The van der Waals surface area contributed by atoms with Crippen LogP contribution in [-0.4, -0.2) is 21.2 Å². The van der Waals surface area contributed by atoms with E-state index in [0.717, 1.165) is 12.1 Å². The number of nitrogens with zero attached hydrogens (tertiary/aromatic N) is 2. The molecule has 4 nitrogen and oxygen atoms in total. The number of aromatic nitrogens is 2. The van der Waals surface area contributed by atoms with Gasteiger partial charge in [0.1, 0.15) is 18.2 Å². The van der Waals surface area contributed by atoms with E-state index < -0.39 is 23.3 Å². The van der Waals surface area contributed by atoms with Crippen LogP contribution in [0.25, 0.3) is 11.0 Å². The zero-order chi connectivity index (χ0) is 18.0. The van der Waals surface area contributed by atoms with E-state index in [9.17, 15) is 22.4 Å². The topological polar surface area (TPSA) is 46.9 Å². The maximum Gasteiger partial charge on any atom is 0.291 e. The first kappa shape index (κ1) is 17.3. The number of fused-ring (bicyclic) bond motifs is 1. The number of thioether (sulfide) groups is 1. The van der Waals surface area contributed by atoms with Gasteiger partial charge in [-0.25, -0.2) is 13.8 Å². The first-order chi connectivity index (χ1) is 11.9. The third-order valence-corrected chi connectivity index (χ3v) is 4.02. The number of carbonyl (C=O) groups excluding carboxylic acids is 1. The molecule has 1 heterocycles. The molecule has 1 N–H and O–H groups in total. The van der Waals surface area contributed by atoms with Gasteiger partial charge in [0.05, 0.1) is 16.7 Å². The zero-order valence-corrected chi connectivity index (χ0v) is 13.4. The predicted octanol–water partition coefficient (Wildman–Crippen LogP) is 4.27. The van der Waals surface area contributed by atoms with Gasteiger partial charge in [-0.1, -0.05) is 12.1 Å². The average Bonchev–Trinajstić information content (AvgIpc) is 2.87. The molecule has 0 aliphatic rings. The summed E-state index contributed by atoms with van der Waals surface area (Å²) in [7, 11) is 0. The van der Waals surface area contributed by atoms with Crippen molar-refractivity contribution in [1.82, 2.24) is 9.55 Å². The van der Waals surface area contributed by atoms with Gasteiger partial charge in [0.2, 0.25) is 5.91 Å². The minimum Gasteiger partial charge on any atom is -0.322 e. The number of alkyl halides is 2. The minimum absolute atomic E-state index is 0.0223. The molecule has 0 aliphatic carbocycles. The fourth-order valence-electron chi connectivity index (χ4n) is 2.30. The summed E-state index contributed by atoms with van der Waals surface area (Å²) in [6, 6.07) is 9.40. The van der Waals surface area contributed by atoms with Gasteiger partial charge in [-0.05, 0) is 36.0 Å². The summed E-state index contributed by atoms with van der Waals surface area (Å²) in [6.07, 6.45) is 0. The Balaban J connectivity index is 1.87. The molecule has 0 bridgehead atoms. The Hall–Kier alpha value is -2.55. The van der Waals surface area contributed by atoms with Crippen LogP contribution in [-0.2, 0) is 11.3 Å². The zero-order valence-electron chi connectivity index (χ0n) is 12.5. The lowest BCUT2D eigenvalue weighted by Gasteiger charge is -2.10. The van der Waals surface area contributed by atoms with Crippen molar-refractivity contribution in [3.05, 3.63) is 54.1 Å². The van der Waals surface area contributed by atoms with Crippen LogP contribution in [0.1, 0.15) is 0 Å². The smallest absolute Gasteiger partial charge is 0.291 e. The number of imidazole rings is 1. The van der Waals surface area contributed by atoms with Gasteiger partial charge in [0, 0.05) is 6.07 Å². The van der Waals surface area contributed by atoms with Crippen LogP contribution in [0.4, 0.5) is 23.2 Å². The Morgan fingerprint density at radius 1 is 1.20 bits per heavy atom. The summed E-state index contributed by atoms with van der Waals surface area (Å²) in [6.45, 7) is -0.341. The molecular formula is C16H11F4N3OS. The third kappa shape index (κ3) is 3.93. The van der Waals surface area contributed by atoms with Crippen LogP contribution in [0.2, 0.25) is 0 Å². The molecule has 0 fully saturated rings. The average molecular weight is 369 g/mol. The lowest BCUT2D eigenvalue weighted by molar-refractivity contribution is -0.116. The van der Waals surface area contributed by atoms with E-state index in [1.165, 1.54) is 4.57 Å². The van der Waals surface area contributed by atoms with E-state index in [2.05, 4.69) is 10.3 Å². The van der Waals surface area contributed by atoms with E-state index in [4.69, 9.17) is 0 Å². The fraction of sp³-hybridized carbons (Fsp3) is 0.125. The van der Waals surface area contributed by atoms with E-state index in [0.29, 0.717) is 17.1 Å². The Kier molecular flexibility index (Phi) is 4.93. The van der Waals surface area contributed by atoms with Crippen molar-refractivity contribution >= 4 is 34.4 Å². The molecule has 2 aromatic carbocycles. The molecule has 9 heteroatoms. The Labute approximate surface area is 143 Å². The molecule has 0 saturated heterocycles. The summed E-state index contributed by atoms with van der Waals surface area (Å²) < 4.78 is 53.3. The SMILES string of the molecule is O=C(Cn1c(SC(F)F)nc2ccccc21)Nc1ccc(F)cc1F. The summed E-state index contributed by atoms with van der Waals surface area (Å²) in [5.41, 5.74) is 0.769. The second-order valence-electron chi connectivity index (χ2n) is 5.02. The van der Waals surface area contributed by atoms with Crippen LogP contribution in [0.5, 0.6) is 0 Å². The molecule has 1 amide bonds. The summed E-state index contributed by atoms with van der Waals surface area (Å²) >= 11 is 0.219. The summed E-state index contributed by atoms with van der Waals surface area (Å²) in [5.74, 6) is -5.05. The van der Waals surface area contributed by atoms with Crippen molar-refractivity contribution < 1.29 is 22.4 Å². The van der Waals surface area contributed by atoms with Gasteiger partial charge in [0.15, 0.2) is 5.16 Å². The summed E-state index contributed by atoms with van der Waals surface area (Å²) in [5, 5.41) is 2.27. The molecule has 1 aromatic heterocycles. The molecule has 3 aromatic rings. The van der Waals surface area contributed by atoms with E-state index in [1.54, 1.807) is 24.3 Å². The van der Waals surface area contributed by atoms with Gasteiger partial charge in [-0.3, -0.25) is 4.79 Å². The van der Waals surface area contributed by atoms with Crippen LogP contribution in [0, 0.1) is 11.6 Å². The number of amides is 1. The first-order valence-electron chi connectivity index (χ1n) is 7.09. The van der Waals surface area contributed by atoms with Crippen LogP contribution in [0.15, 0.2) is 47.6 Å². The van der Waals surface area contributed by atoms with Crippen molar-refractivity contribution in [3.8, 4) is 0 Å². The predicted molar refractivity (Wildman–Crippen MR) is 86.6 cm³/mol. The Morgan fingerprint density at radius 2 is 1.96 bits per heavy atom. The highest BCUT2D eigenvalue weighted by molar-refractivity contribution is 7.99. The minimum atomic E-state index is -2.70. The number of benzene rings is 2. The number of hydrogen-bond acceptors (Lipinski definition) is 3. The Bertz CT molecular complexity index is 929. The highest BCUT2D eigenvalue weighted by Crippen LogP contribution is 2.28. The van der Waals surface area contributed by atoms with E-state index >= 15 is 0 Å². The van der Waals surface area contributed by atoms with Crippen molar-refractivity contribution in [3.63, 3.8) is 0 Å². The number of nitrogens with one attached hydrogen (secondary N) is 1. The number of halogens is 4. The molecule has 0 radical (unpaired) electrons.